The van der Waals surface area contributed by atoms with Crippen molar-refractivity contribution in [2.75, 3.05) is 5.32 Å². The van der Waals surface area contributed by atoms with Crippen LogP contribution >= 0.6 is 11.3 Å². The van der Waals surface area contributed by atoms with E-state index in [1.807, 2.05) is 12.1 Å². The highest BCUT2D eigenvalue weighted by molar-refractivity contribution is 7.17. The molecule has 1 N–H and O–H groups in total. The van der Waals surface area contributed by atoms with E-state index in [4.69, 9.17) is 0 Å². The predicted octanol–water partition coefficient (Wildman–Crippen LogP) is 4.18. The molecule has 0 spiro atoms. The lowest BCUT2D eigenvalue weighted by Crippen LogP contribution is -2.11. The molecule has 0 atom stereocenters. The second-order valence-corrected chi connectivity index (χ2v) is 5.66. The summed E-state index contributed by atoms with van der Waals surface area (Å²) in [5.41, 5.74) is 2.08. The van der Waals surface area contributed by atoms with Crippen LogP contribution in [0.5, 0.6) is 0 Å². The number of nitrogens with one attached hydrogen (secondary N) is 1. The Kier molecular flexibility index (Phi) is 3.17. The molecule has 2 heterocycles. The Morgan fingerprint density at radius 1 is 1.05 bits per heavy atom. The molecule has 3 rings (SSSR count). The number of aromatic nitrogens is 2. The minimum Gasteiger partial charge on any atom is -0.366 e. The molecule has 0 radical (unpaired) electrons. The molecule has 0 saturated heterocycles. The van der Waals surface area contributed by atoms with Gasteiger partial charge in [-0.15, -0.1) is 21.5 Å². The molecule has 3 aromatic rings. The lowest BCUT2D eigenvalue weighted by molar-refractivity contribution is 0.875. The monoisotopic (exact) mass is 269 g/mol. The number of anilines is 1. The van der Waals surface area contributed by atoms with Crippen LogP contribution in [0.4, 0.5) is 5.82 Å². The van der Waals surface area contributed by atoms with Gasteiger partial charge in [-0.2, -0.15) is 0 Å². The molecule has 0 amide bonds. The third kappa shape index (κ3) is 2.44. The molecular weight excluding hydrogens is 254 g/mol. The van der Waals surface area contributed by atoms with Crippen LogP contribution in [0.2, 0.25) is 0 Å². The molecular formula is C15H15N3S. The average Bonchev–Trinajstić information content (AvgIpc) is 2.83. The number of benzene rings is 1. The summed E-state index contributed by atoms with van der Waals surface area (Å²) in [6, 6.07) is 12.7. The Hall–Kier alpha value is -1.94. The van der Waals surface area contributed by atoms with Crippen molar-refractivity contribution in [1.82, 2.24) is 10.2 Å². The van der Waals surface area contributed by atoms with Gasteiger partial charge in [-0.3, -0.25) is 0 Å². The van der Waals surface area contributed by atoms with Crippen molar-refractivity contribution in [1.29, 1.82) is 0 Å². The Balaban J connectivity index is 1.98. The minimum absolute atomic E-state index is 0.363. The number of rotatable bonds is 3. The normalized spacial score (nSPS) is 11.1. The fourth-order valence-electron chi connectivity index (χ4n) is 2.02. The number of fused-ring (bicyclic) bond motifs is 1. The molecule has 96 valence electrons. The van der Waals surface area contributed by atoms with E-state index in [1.54, 1.807) is 11.3 Å². The van der Waals surface area contributed by atoms with E-state index in [0.717, 1.165) is 17.1 Å². The van der Waals surface area contributed by atoms with Crippen molar-refractivity contribution in [2.45, 2.75) is 19.9 Å². The molecule has 0 bridgehead atoms. The molecule has 0 aliphatic carbocycles. The summed E-state index contributed by atoms with van der Waals surface area (Å²) in [6.07, 6.45) is 0. The summed E-state index contributed by atoms with van der Waals surface area (Å²) < 4.78 is 1.28. The van der Waals surface area contributed by atoms with Crippen LogP contribution in [0.15, 0.2) is 41.8 Å². The van der Waals surface area contributed by atoms with E-state index in [-0.39, 0.29) is 0 Å². The first-order valence-corrected chi connectivity index (χ1v) is 7.19. The van der Waals surface area contributed by atoms with Gasteiger partial charge in [0.25, 0.3) is 0 Å². The second kappa shape index (κ2) is 4.97. The molecule has 0 saturated carbocycles. The fraction of sp³-hybridized carbons (Fsp3) is 0.200. The highest BCUT2D eigenvalue weighted by Gasteiger charge is 2.08. The first kappa shape index (κ1) is 12.1. The zero-order chi connectivity index (χ0) is 13.2. The highest BCUT2D eigenvalue weighted by atomic mass is 32.1. The van der Waals surface area contributed by atoms with E-state index in [2.05, 4.69) is 59.0 Å². The van der Waals surface area contributed by atoms with Crippen LogP contribution in [0.1, 0.15) is 13.8 Å². The molecule has 1 aromatic carbocycles. The number of nitrogens with zero attached hydrogens (tertiary/aromatic N) is 2. The van der Waals surface area contributed by atoms with Crippen molar-refractivity contribution in [3.8, 4) is 11.3 Å². The SMILES string of the molecule is CC(C)Nc1ccc(-c2csc3ccccc23)nn1. The molecule has 0 fully saturated rings. The average molecular weight is 269 g/mol. The molecule has 19 heavy (non-hydrogen) atoms. The molecule has 2 aromatic heterocycles. The van der Waals surface area contributed by atoms with Gasteiger partial charge in [-0.1, -0.05) is 18.2 Å². The lowest BCUT2D eigenvalue weighted by Gasteiger charge is -2.08. The number of hydrogen-bond donors (Lipinski definition) is 1. The zero-order valence-corrected chi connectivity index (χ0v) is 11.7. The van der Waals surface area contributed by atoms with Gasteiger partial charge in [0.1, 0.15) is 5.82 Å². The topological polar surface area (TPSA) is 37.8 Å². The van der Waals surface area contributed by atoms with Crippen molar-refractivity contribution in [3.63, 3.8) is 0 Å². The summed E-state index contributed by atoms with van der Waals surface area (Å²) in [5.74, 6) is 0.818. The van der Waals surface area contributed by atoms with Gasteiger partial charge in [0.2, 0.25) is 0 Å². The highest BCUT2D eigenvalue weighted by Crippen LogP contribution is 2.32. The summed E-state index contributed by atoms with van der Waals surface area (Å²) in [7, 11) is 0. The van der Waals surface area contributed by atoms with Gasteiger partial charge < -0.3 is 5.32 Å². The molecule has 4 heteroatoms. The number of hydrogen-bond acceptors (Lipinski definition) is 4. The number of thiophene rings is 1. The fourth-order valence-corrected chi connectivity index (χ4v) is 2.98. The third-order valence-corrected chi connectivity index (χ3v) is 3.82. The smallest absolute Gasteiger partial charge is 0.148 e. The van der Waals surface area contributed by atoms with Crippen LogP contribution in [0.25, 0.3) is 21.3 Å². The van der Waals surface area contributed by atoms with Gasteiger partial charge in [0, 0.05) is 27.1 Å². The molecule has 0 unspecified atom stereocenters. The van der Waals surface area contributed by atoms with E-state index in [1.165, 1.54) is 10.1 Å². The molecule has 0 aliphatic heterocycles. The van der Waals surface area contributed by atoms with E-state index in [9.17, 15) is 0 Å². The maximum Gasteiger partial charge on any atom is 0.148 e. The van der Waals surface area contributed by atoms with E-state index in [0.29, 0.717) is 6.04 Å². The van der Waals surface area contributed by atoms with Gasteiger partial charge in [-0.25, -0.2) is 0 Å². The quantitative estimate of drug-likeness (QED) is 0.775. The Bertz CT molecular complexity index is 686. The van der Waals surface area contributed by atoms with Crippen molar-refractivity contribution >= 4 is 27.2 Å². The lowest BCUT2D eigenvalue weighted by atomic mass is 10.1. The standard InChI is InChI=1S/C15H15N3S/c1-10(2)16-15-8-7-13(17-18-15)12-9-19-14-6-4-3-5-11(12)14/h3-10H,1-2H3,(H,16,18). The minimum atomic E-state index is 0.363. The zero-order valence-electron chi connectivity index (χ0n) is 10.9. The van der Waals surface area contributed by atoms with Crippen molar-refractivity contribution in [2.24, 2.45) is 0 Å². The Labute approximate surface area is 116 Å². The first-order valence-electron chi connectivity index (χ1n) is 6.31. The van der Waals surface area contributed by atoms with Crippen LogP contribution < -0.4 is 5.32 Å². The van der Waals surface area contributed by atoms with Crippen molar-refractivity contribution in [3.05, 3.63) is 41.8 Å². The summed E-state index contributed by atoms with van der Waals surface area (Å²) >= 11 is 1.74. The third-order valence-electron chi connectivity index (χ3n) is 2.86. The van der Waals surface area contributed by atoms with Gasteiger partial charge >= 0.3 is 0 Å². The van der Waals surface area contributed by atoms with Crippen LogP contribution in [0.3, 0.4) is 0 Å². The van der Waals surface area contributed by atoms with Crippen LogP contribution in [0, 0.1) is 0 Å². The van der Waals surface area contributed by atoms with Gasteiger partial charge in [0.15, 0.2) is 0 Å². The van der Waals surface area contributed by atoms with E-state index < -0.39 is 0 Å². The molecule has 3 nitrogen and oxygen atoms in total. The largest absolute Gasteiger partial charge is 0.366 e. The van der Waals surface area contributed by atoms with Gasteiger partial charge in [0.05, 0.1) is 5.69 Å². The van der Waals surface area contributed by atoms with Gasteiger partial charge in [-0.05, 0) is 32.0 Å². The molecule has 0 aliphatic rings. The maximum absolute atomic E-state index is 4.32. The Morgan fingerprint density at radius 2 is 1.89 bits per heavy atom. The first-order chi connectivity index (χ1) is 9.24. The maximum atomic E-state index is 4.32. The summed E-state index contributed by atoms with van der Waals surface area (Å²) in [4.78, 5) is 0. The van der Waals surface area contributed by atoms with Crippen LogP contribution in [-0.4, -0.2) is 16.2 Å². The Morgan fingerprint density at radius 3 is 2.63 bits per heavy atom. The summed E-state index contributed by atoms with van der Waals surface area (Å²) in [6.45, 7) is 4.17. The summed E-state index contributed by atoms with van der Waals surface area (Å²) in [5, 5.41) is 15.2. The van der Waals surface area contributed by atoms with E-state index >= 15 is 0 Å². The van der Waals surface area contributed by atoms with Crippen LogP contribution in [-0.2, 0) is 0 Å². The predicted molar refractivity (Wildman–Crippen MR) is 81.6 cm³/mol. The second-order valence-electron chi connectivity index (χ2n) is 4.75. The van der Waals surface area contributed by atoms with Crippen molar-refractivity contribution < 1.29 is 0 Å².